The highest BCUT2D eigenvalue weighted by molar-refractivity contribution is 8.00. The van der Waals surface area contributed by atoms with E-state index in [0.717, 1.165) is 0 Å². The van der Waals surface area contributed by atoms with Crippen LogP contribution in [0, 0.1) is 5.92 Å². The van der Waals surface area contributed by atoms with Crippen LogP contribution in [-0.2, 0) is 9.59 Å². The molecule has 1 amide bonds. The van der Waals surface area contributed by atoms with Crippen molar-refractivity contribution in [1.82, 2.24) is 4.90 Å². The number of carbonyl (C=O) groups excluding carboxylic acids is 1. The summed E-state index contributed by atoms with van der Waals surface area (Å²) in [5.74, 6) is -1.18. The Morgan fingerprint density at radius 3 is 2.86 bits per heavy atom. The van der Waals surface area contributed by atoms with Gasteiger partial charge < -0.3 is 15.1 Å². The first-order chi connectivity index (χ1) is 6.54. The summed E-state index contributed by atoms with van der Waals surface area (Å²) >= 11 is 1.43. The average Bonchev–Trinajstić information content (AvgIpc) is 2.42. The van der Waals surface area contributed by atoms with Crippen molar-refractivity contribution in [2.75, 3.05) is 5.75 Å². The number of fused-ring (bicyclic) bond motifs is 1. The normalized spacial score (nSPS) is 37.7. The molecule has 14 heavy (non-hydrogen) atoms. The van der Waals surface area contributed by atoms with Crippen LogP contribution in [0.15, 0.2) is 0 Å². The number of thioether (sulfide) groups is 1. The molecule has 0 aliphatic carbocycles. The van der Waals surface area contributed by atoms with Gasteiger partial charge in [-0.2, -0.15) is 0 Å². The van der Waals surface area contributed by atoms with Gasteiger partial charge in [-0.3, -0.25) is 4.79 Å². The van der Waals surface area contributed by atoms with E-state index < -0.39 is 24.0 Å². The van der Waals surface area contributed by atoms with E-state index in [9.17, 15) is 14.7 Å². The maximum absolute atomic E-state index is 11.5. The Labute approximate surface area is 85.1 Å². The summed E-state index contributed by atoms with van der Waals surface area (Å²) in [6, 6.07) is -0.701. The Morgan fingerprint density at radius 2 is 2.36 bits per heavy atom. The minimum atomic E-state index is -0.961. The molecule has 2 rings (SSSR count). The minimum absolute atomic E-state index is 0.136. The molecule has 2 N–H and O–H groups in total. The summed E-state index contributed by atoms with van der Waals surface area (Å²) in [7, 11) is 0. The predicted octanol–water partition coefficient (Wildman–Crippen LogP) is -0.648. The molecular weight excluding hydrogens is 206 g/mol. The predicted molar refractivity (Wildman–Crippen MR) is 49.7 cm³/mol. The SMILES string of the molecule is C[C@@H](O)[C@H]1C(=O)N2C(C(=O)O)CS[C@H]12. The molecule has 5 nitrogen and oxygen atoms in total. The van der Waals surface area contributed by atoms with Crippen LogP contribution in [0.25, 0.3) is 0 Å². The fourth-order valence-electron chi connectivity index (χ4n) is 1.93. The zero-order valence-electron chi connectivity index (χ0n) is 7.58. The first kappa shape index (κ1) is 9.79. The quantitative estimate of drug-likeness (QED) is 0.601. The molecule has 0 aromatic heterocycles. The zero-order chi connectivity index (χ0) is 10.5. The fourth-order valence-corrected chi connectivity index (χ4v) is 3.58. The van der Waals surface area contributed by atoms with Crippen molar-refractivity contribution in [2.24, 2.45) is 5.92 Å². The van der Waals surface area contributed by atoms with Gasteiger partial charge in [-0.1, -0.05) is 0 Å². The van der Waals surface area contributed by atoms with Crippen molar-refractivity contribution in [3.8, 4) is 0 Å². The smallest absolute Gasteiger partial charge is 0.327 e. The Morgan fingerprint density at radius 1 is 1.71 bits per heavy atom. The summed E-state index contributed by atoms with van der Waals surface area (Å²) in [5.41, 5.74) is 0. The van der Waals surface area contributed by atoms with Crippen LogP contribution in [0.1, 0.15) is 6.92 Å². The van der Waals surface area contributed by atoms with Gasteiger partial charge in [0, 0.05) is 5.75 Å². The molecule has 2 heterocycles. The van der Waals surface area contributed by atoms with Gasteiger partial charge >= 0.3 is 5.97 Å². The number of carbonyl (C=O) groups is 2. The third-order valence-corrected chi connectivity index (χ3v) is 4.06. The van der Waals surface area contributed by atoms with Crippen molar-refractivity contribution < 1.29 is 19.8 Å². The maximum Gasteiger partial charge on any atom is 0.327 e. The Bertz CT molecular complexity index is 293. The lowest BCUT2D eigenvalue weighted by atomic mass is 9.91. The van der Waals surface area contributed by atoms with Crippen molar-refractivity contribution >= 4 is 23.6 Å². The van der Waals surface area contributed by atoms with Crippen molar-refractivity contribution in [3.63, 3.8) is 0 Å². The molecule has 1 unspecified atom stereocenters. The molecule has 0 aromatic carbocycles. The number of nitrogens with zero attached hydrogens (tertiary/aromatic N) is 1. The number of aliphatic carboxylic acids is 1. The zero-order valence-corrected chi connectivity index (χ0v) is 8.40. The van der Waals surface area contributed by atoms with Crippen LogP contribution < -0.4 is 0 Å². The van der Waals surface area contributed by atoms with E-state index in [1.165, 1.54) is 16.7 Å². The summed E-state index contributed by atoms with van der Waals surface area (Å²) in [4.78, 5) is 23.6. The molecule has 2 aliphatic heterocycles. The number of amides is 1. The topological polar surface area (TPSA) is 77.8 Å². The van der Waals surface area contributed by atoms with Crippen LogP contribution in [0.5, 0.6) is 0 Å². The Balaban J connectivity index is 2.13. The van der Waals surface area contributed by atoms with Crippen LogP contribution >= 0.6 is 11.8 Å². The number of hydrogen-bond acceptors (Lipinski definition) is 4. The second-order valence-electron chi connectivity index (χ2n) is 3.59. The highest BCUT2D eigenvalue weighted by atomic mass is 32.2. The number of rotatable bonds is 2. The van der Waals surface area contributed by atoms with Gasteiger partial charge in [0.05, 0.1) is 17.4 Å². The van der Waals surface area contributed by atoms with E-state index in [1.807, 2.05) is 0 Å². The molecule has 4 atom stereocenters. The maximum atomic E-state index is 11.5. The molecular formula is C8H11NO4S. The molecule has 2 aliphatic rings. The highest BCUT2D eigenvalue weighted by Gasteiger charge is 2.58. The van der Waals surface area contributed by atoms with Gasteiger partial charge in [-0.25, -0.2) is 4.79 Å². The van der Waals surface area contributed by atoms with Crippen LogP contribution in [0.2, 0.25) is 0 Å². The first-order valence-electron chi connectivity index (χ1n) is 4.38. The summed E-state index contributed by atoms with van der Waals surface area (Å²) in [6.45, 7) is 1.56. The molecule has 78 valence electrons. The molecule has 0 spiro atoms. The standard InChI is InChI=1S/C8H11NO4S/c1-3(10)5-6(11)9-4(8(12)13)2-14-7(5)9/h3-5,7,10H,2H2,1H3,(H,12,13)/t3-,4?,5+,7-/m1/s1. The van der Waals surface area contributed by atoms with Crippen molar-refractivity contribution in [2.45, 2.75) is 24.4 Å². The number of carboxylic acids is 1. The summed E-state index contributed by atoms with van der Waals surface area (Å²) < 4.78 is 0. The lowest BCUT2D eigenvalue weighted by Crippen LogP contribution is -2.64. The van der Waals surface area contributed by atoms with E-state index in [2.05, 4.69) is 0 Å². The van der Waals surface area contributed by atoms with Gasteiger partial charge in [-0.15, -0.1) is 11.8 Å². The lowest BCUT2D eigenvalue weighted by Gasteiger charge is -2.44. The second-order valence-corrected chi connectivity index (χ2v) is 4.74. The largest absolute Gasteiger partial charge is 0.480 e. The summed E-state index contributed by atoms with van der Waals surface area (Å²) in [6.07, 6.45) is -0.691. The number of carboxylic acid groups (broad SMARTS) is 1. The van der Waals surface area contributed by atoms with Crippen molar-refractivity contribution in [3.05, 3.63) is 0 Å². The molecule has 2 fully saturated rings. The fraction of sp³-hybridized carbons (Fsp3) is 0.750. The van der Waals surface area contributed by atoms with Crippen molar-refractivity contribution in [1.29, 1.82) is 0 Å². The van der Waals surface area contributed by atoms with Gasteiger partial charge in [0.25, 0.3) is 0 Å². The molecule has 0 bridgehead atoms. The van der Waals surface area contributed by atoms with Crippen LogP contribution in [0.3, 0.4) is 0 Å². The lowest BCUT2D eigenvalue weighted by molar-refractivity contribution is -0.166. The Hall–Kier alpha value is -0.750. The minimum Gasteiger partial charge on any atom is -0.480 e. The number of β-lactam (4-membered cyclic amide) rings is 1. The van der Waals surface area contributed by atoms with Crippen LogP contribution in [-0.4, -0.2) is 50.3 Å². The number of aliphatic hydroxyl groups excluding tert-OH is 1. The van der Waals surface area contributed by atoms with Gasteiger partial charge in [-0.05, 0) is 6.92 Å². The van der Waals surface area contributed by atoms with E-state index in [0.29, 0.717) is 5.75 Å². The molecule has 0 radical (unpaired) electrons. The van der Waals surface area contributed by atoms with E-state index in [-0.39, 0.29) is 11.3 Å². The second kappa shape index (κ2) is 3.13. The molecule has 2 saturated heterocycles. The number of hydrogen-bond donors (Lipinski definition) is 2. The third-order valence-electron chi connectivity index (χ3n) is 2.69. The van der Waals surface area contributed by atoms with Gasteiger partial charge in [0.15, 0.2) is 0 Å². The third kappa shape index (κ3) is 1.14. The average molecular weight is 217 g/mol. The first-order valence-corrected chi connectivity index (χ1v) is 5.43. The van der Waals surface area contributed by atoms with E-state index in [4.69, 9.17) is 5.11 Å². The van der Waals surface area contributed by atoms with Gasteiger partial charge in [0.2, 0.25) is 5.91 Å². The van der Waals surface area contributed by atoms with E-state index >= 15 is 0 Å². The molecule has 0 saturated carbocycles. The summed E-state index contributed by atoms with van der Waals surface area (Å²) in [5, 5.41) is 18.0. The van der Waals surface area contributed by atoms with Gasteiger partial charge in [0.1, 0.15) is 6.04 Å². The molecule has 6 heteroatoms. The highest BCUT2D eigenvalue weighted by Crippen LogP contribution is 2.44. The van der Waals surface area contributed by atoms with E-state index in [1.54, 1.807) is 6.92 Å². The Kier molecular flexibility index (Phi) is 2.19. The monoisotopic (exact) mass is 217 g/mol. The number of aliphatic hydroxyl groups is 1. The molecule has 0 aromatic rings. The van der Waals surface area contributed by atoms with Crippen LogP contribution in [0.4, 0.5) is 0 Å².